The minimum absolute atomic E-state index is 0.121. The summed E-state index contributed by atoms with van der Waals surface area (Å²) in [6.45, 7) is 0. The van der Waals surface area contributed by atoms with Crippen LogP contribution >= 0.6 is 11.3 Å². The van der Waals surface area contributed by atoms with Crippen LogP contribution in [0.1, 0.15) is 12.8 Å². The highest BCUT2D eigenvalue weighted by Gasteiger charge is 2.29. The second-order valence-corrected chi connectivity index (χ2v) is 5.18. The van der Waals surface area contributed by atoms with E-state index in [1.54, 1.807) is 12.1 Å². The third-order valence-electron chi connectivity index (χ3n) is 2.70. The first-order chi connectivity index (χ1) is 7.72. The molecule has 1 aromatic heterocycles. The zero-order valence-electron chi connectivity index (χ0n) is 8.56. The molecule has 0 atom stereocenters. The van der Waals surface area contributed by atoms with Crippen molar-refractivity contribution in [2.75, 3.05) is 5.32 Å². The first-order valence-electron chi connectivity index (χ1n) is 5.26. The number of carbonyl (C=O) groups is 1. The van der Waals surface area contributed by atoms with E-state index in [1.807, 2.05) is 12.1 Å². The van der Waals surface area contributed by atoms with E-state index in [4.69, 9.17) is 0 Å². The number of benzene rings is 1. The Labute approximate surface area is 96.7 Å². The van der Waals surface area contributed by atoms with E-state index in [0.717, 1.165) is 27.9 Å². The normalized spacial score (nSPS) is 15.2. The van der Waals surface area contributed by atoms with Crippen LogP contribution in [0.4, 0.5) is 5.00 Å². The molecule has 1 aliphatic rings. The molecule has 1 saturated carbocycles. The van der Waals surface area contributed by atoms with Crippen molar-refractivity contribution in [2.24, 2.45) is 5.92 Å². The summed E-state index contributed by atoms with van der Waals surface area (Å²) < 4.78 is 0.992. The monoisotopic (exact) mass is 233 g/mol. The Kier molecular flexibility index (Phi) is 2.11. The number of phenols is 1. The SMILES string of the molecule is O=C(Nc1cc2ccc(O)cc2s1)C1CC1. The Hall–Kier alpha value is -1.55. The van der Waals surface area contributed by atoms with Crippen LogP contribution in [-0.2, 0) is 4.79 Å². The van der Waals surface area contributed by atoms with Gasteiger partial charge in [0.2, 0.25) is 5.91 Å². The lowest BCUT2D eigenvalue weighted by atomic mass is 10.2. The van der Waals surface area contributed by atoms with Crippen LogP contribution in [0, 0.1) is 5.92 Å². The Bertz CT molecular complexity index is 557. The predicted molar refractivity (Wildman–Crippen MR) is 64.8 cm³/mol. The fourth-order valence-corrected chi connectivity index (χ4v) is 2.65. The molecular weight excluding hydrogens is 222 g/mol. The first-order valence-corrected chi connectivity index (χ1v) is 6.07. The lowest BCUT2D eigenvalue weighted by Crippen LogP contribution is -2.11. The van der Waals surface area contributed by atoms with Crippen molar-refractivity contribution in [3.63, 3.8) is 0 Å². The van der Waals surface area contributed by atoms with Crippen LogP contribution in [0.5, 0.6) is 5.75 Å². The van der Waals surface area contributed by atoms with Gasteiger partial charge in [0.1, 0.15) is 5.75 Å². The zero-order valence-corrected chi connectivity index (χ0v) is 9.38. The van der Waals surface area contributed by atoms with Gasteiger partial charge in [-0.05, 0) is 42.5 Å². The average Bonchev–Trinajstić information content (AvgIpc) is 3.00. The second-order valence-electron chi connectivity index (χ2n) is 4.10. The lowest BCUT2D eigenvalue weighted by Gasteiger charge is -1.98. The molecule has 3 nitrogen and oxygen atoms in total. The van der Waals surface area contributed by atoms with Gasteiger partial charge in [0.05, 0.1) is 5.00 Å². The highest BCUT2D eigenvalue weighted by molar-refractivity contribution is 7.23. The molecule has 3 rings (SSSR count). The van der Waals surface area contributed by atoms with Crippen molar-refractivity contribution < 1.29 is 9.90 Å². The number of amides is 1. The van der Waals surface area contributed by atoms with E-state index in [0.29, 0.717) is 0 Å². The molecule has 0 radical (unpaired) electrons. The number of anilines is 1. The minimum Gasteiger partial charge on any atom is -0.508 e. The maximum Gasteiger partial charge on any atom is 0.228 e. The van der Waals surface area contributed by atoms with Crippen LogP contribution in [-0.4, -0.2) is 11.0 Å². The minimum atomic E-state index is 0.121. The fourth-order valence-electron chi connectivity index (χ4n) is 1.65. The van der Waals surface area contributed by atoms with Crippen LogP contribution < -0.4 is 5.32 Å². The molecule has 16 heavy (non-hydrogen) atoms. The Morgan fingerprint density at radius 3 is 2.94 bits per heavy atom. The van der Waals surface area contributed by atoms with Gasteiger partial charge in [0, 0.05) is 10.6 Å². The number of hydrogen-bond donors (Lipinski definition) is 2. The van der Waals surface area contributed by atoms with Crippen molar-refractivity contribution in [3.05, 3.63) is 24.3 Å². The number of fused-ring (bicyclic) bond motifs is 1. The molecule has 0 bridgehead atoms. The second kappa shape index (κ2) is 3.49. The van der Waals surface area contributed by atoms with E-state index in [-0.39, 0.29) is 17.6 Å². The molecule has 82 valence electrons. The summed E-state index contributed by atoms with van der Waals surface area (Å²) in [5, 5.41) is 14.2. The zero-order chi connectivity index (χ0) is 11.1. The van der Waals surface area contributed by atoms with Gasteiger partial charge in [0.25, 0.3) is 0 Å². The standard InChI is InChI=1S/C12H11NO2S/c14-9-4-3-8-5-11(16-10(8)6-9)13-12(15)7-1-2-7/h3-7,14H,1-2H2,(H,13,15). The van der Waals surface area contributed by atoms with Crippen molar-refractivity contribution in [3.8, 4) is 5.75 Å². The van der Waals surface area contributed by atoms with Gasteiger partial charge < -0.3 is 10.4 Å². The molecule has 1 aliphatic carbocycles. The summed E-state index contributed by atoms with van der Waals surface area (Å²) in [7, 11) is 0. The molecule has 1 amide bonds. The van der Waals surface area contributed by atoms with Gasteiger partial charge in [-0.2, -0.15) is 0 Å². The van der Waals surface area contributed by atoms with Crippen molar-refractivity contribution in [1.82, 2.24) is 0 Å². The summed E-state index contributed by atoms with van der Waals surface area (Å²) in [6, 6.07) is 7.17. The molecule has 0 saturated heterocycles. The lowest BCUT2D eigenvalue weighted by molar-refractivity contribution is -0.117. The Morgan fingerprint density at radius 1 is 1.38 bits per heavy atom. The summed E-state index contributed by atoms with van der Waals surface area (Å²) in [5.74, 6) is 0.601. The number of thiophene rings is 1. The van der Waals surface area contributed by atoms with Crippen LogP contribution in [0.25, 0.3) is 10.1 Å². The number of aromatic hydroxyl groups is 1. The Balaban J connectivity index is 1.89. The maximum absolute atomic E-state index is 11.6. The smallest absolute Gasteiger partial charge is 0.228 e. The number of carbonyl (C=O) groups excluding carboxylic acids is 1. The van der Waals surface area contributed by atoms with Crippen molar-refractivity contribution in [2.45, 2.75) is 12.8 Å². The first kappa shape index (κ1) is 9.66. The molecule has 0 spiro atoms. The number of rotatable bonds is 2. The highest BCUT2D eigenvalue weighted by atomic mass is 32.1. The summed E-state index contributed by atoms with van der Waals surface area (Å²) in [6.07, 6.45) is 2.02. The van der Waals surface area contributed by atoms with E-state index in [1.165, 1.54) is 11.3 Å². The van der Waals surface area contributed by atoms with Gasteiger partial charge in [-0.1, -0.05) is 0 Å². The molecule has 0 aliphatic heterocycles. The van der Waals surface area contributed by atoms with Crippen LogP contribution in [0.3, 0.4) is 0 Å². The third-order valence-corrected chi connectivity index (χ3v) is 3.71. The molecule has 1 fully saturated rings. The number of nitrogens with one attached hydrogen (secondary N) is 1. The molecule has 4 heteroatoms. The van der Waals surface area contributed by atoms with Crippen molar-refractivity contribution >= 4 is 32.3 Å². The predicted octanol–water partition coefficient (Wildman–Crippen LogP) is 2.96. The van der Waals surface area contributed by atoms with Gasteiger partial charge in [-0.15, -0.1) is 11.3 Å². The van der Waals surface area contributed by atoms with E-state index in [9.17, 15) is 9.90 Å². The maximum atomic E-state index is 11.6. The van der Waals surface area contributed by atoms with Gasteiger partial charge >= 0.3 is 0 Å². The average molecular weight is 233 g/mol. The number of phenolic OH excluding ortho intramolecular Hbond substituents is 1. The number of hydrogen-bond acceptors (Lipinski definition) is 3. The van der Waals surface area contributed by atoms with Crippen LogP contribution in [0.15, 0.2) is 24.3 Å². The summed E-state index contributed by atoms with van der Waals surface area (Å²) >= 11 is 1.49. The quantitative estimate of drug-likeness (QED) is 0.837. The van der Waals surface area contributed by atoms with Gasteiger partial charge in [0.15, 0.2) is 0 Å². The van der Waals surface area contributed by atoms with E-state index < -0.39 is 0 Å². The largest absolute Gasteiger partial charge is 0.508 e. The summed E-state index contributed by atoms with van der Waals surface area (Å²) in [4.78, 5) is 11.6. The van der Waals surface area contributed by atoms with Gasteiger partial charge in [-0.25, -0.2) is 0 Å². The molecule has 1 aromatic carbocycles. The molecular formula is C12H11NO2S. The fraction of sp³-hybridized carbons (Fsp3) is 0.250. The molecule has 1 heterocycles. The topological polar surface area (TPSA) is 49.3 Å². The van der Waals surface area contributed by atoms with Crippen LogP contribution in [0.2, 0.25) is 0 Å². The Morgan fingerprint density at radius 2 is 2.19 bits per heavy atom. The summed E-state index contributed by atoms with van der Waals surface area (Å²) in [5.41, 5.74) is 0. The highest BCUT2D eigenvalue weighted by Crippen LogP contribution is 2.34. The molecule has 0 unspecified atom stereocenters. The molecule has 2 N–H and O–H groups in total. The van der Waals surface area contributed by atoms with Gasteiger partial charge in [-0.3, -0.25) is 4.79 Å². The molecule has 2 aromatic rings. The van der Waals surface area contributed by atoms with E-state index >= 15 is 0 Å². The third kappa shape index (κ3) is 1.76. The van der Waals surface area contributed by atoms with Crippen molar-refractivity contribution in [1.29, 1.82) is 0 Å². The van der Waals surface area contributed by atoms with E-state index in [2.05, 4.69) is 5.32 Å².